The third-order valence-electron chi connectivity index (χ3n) is 2.07. The molecule has 0 fully saturated rings. The third kappa shape index (κ3) is 3.80. The molecule has 1 rings (SSSR count). The van der Waals surface area contributed by atoms with Crippen molar-refractivity contribution >= 4 is 17.7 Å². The van der Waals surface area contributed by atoms with Gasteiger partial charge in [0.1, 0.15) is 0 Å². The summed E-state index contributed by atoms with van der Waals surface area (Å²) in [5.74, 6) is -0.701. The summed E-state index contributed by atoms with van der Waals surface area (Å²) in [6, 6.07) is 3.18. The van der Waals surface area contributed by atoms with Crippen molar-refractivity contribution in [2.24, 2.45) is 0 Å². The van der Waals surface area contributed by atoms with E-state index in [1.807, 2.05) is 0 Å². The van der Waals surface area contributed by atoms with E-state index in [0.717, 1.165) is 30.4 Å². The highest BCUT2D eigenvalue weighted by Gasteiger charge is 2.32. The smallest absolute Gasteiger partial charge is 0.416 e. The molecule has 2 N–H and O–H groups in total. The monoisotopic (exact) mass is 259 g/mol. The highest BCUT2D eigenvalue weighted by Crippen LogP contribution is 2.33. The van der Waals surface area contributed by atoms with E-state index in [9.17, 15) is 18.0 Å². The summed E-state index contributed by atoms with van der Waals surface area (Å²) in [6.45, 7) is 1.76. The SMILES string of the molecule is CCOC(=O)C=Cc1cc(N)ccc1C(F)(F)F. The zero-order valence-corrected chi connectivity index (χ0v) is 9.62. The number of anilines is 1. The fourth-order valence-corrected chi connectivity index (χ4v) is 1.33. The molecule has 0 aliphatic carbocycles. The molecule has 0 radical (unpaired) electrons. The van der Waals surface area contributed by atoms with Crippen molar-refractivity contribution in [2.45, 2.75) is 13.1 Å². The quantitative estimate of drug-likeness (QED) is 0.516. The molecule has 0 amide bonds. The summed E-state index contributed by atoms with van der Waals surface area (Å²) in [6.07, 6.45) is -2.52. The van der Waals surface area contributed by atoms with Crippen LogP contribution in [-0.2, 0) is 15.7 Å². The van der Waals surface area contributed by atoms with E-state index < -0.39 is 17.7 Å². The lowest BCUT2D eigenvalue weighted by Crippen LogP contribution is -2.08. The van der Waals surface area contributed by atoms with Crippen LogP contribution in [0.5, 0.6) is 0 Å². The lowest BCUT2D eigenvalue weighted by atomic mass is 10.1. The van der Waals surface area contributed by atoms with Gasteiger partial charge in [-0.15, -0.1) is 0 Å². The van der Waals surface area contributed by atoms with Gasteiger partial charge in [-0.3, -0.25) is 0 Å². The first-order valence-corrected chi connectivity index (χ1v) is 5.16. The number of carbonyl (C=O) groups excluding carboxylic acids is 1. The molecule has 0 bridgehead atoms. The highest BCUT2D eigenvalue weighted by atomic mass is 19.4. The number of carbonyl (C=O) groups is 1. The number of hydrogen-bond donors (Lipinski definition) is 1. The lowest BCUT2D eigenvalue weighted by Gasteiger charge is -2.10. The Hall–Kier alpha value is -1.98. The first-order chi connectivity index (χ1) is 8.34. The van der Waals surface area contributed by atoms with Crippen LogP contribution in [0.3, 0.4) is 0 Å². The second-order valence-electron chi connectivity index (χ2n) is 3.43. The summed E-state index contributed by atoms with van der Waals surface area (Å²) in [5, 5.41) is 0. The molecule has 0 saturated carbocycles. The van der Waals surface area contributed by atoms with E-state index in [1.54, 1.807) is 6.92 Å². The number of alkyl halides is 3. The van der Waals surface area contributed by atoms with Gasteiger partial charge in [0.2, 0.25) is 0 Å². The molecule has 0 atom stereocenters. The fourth-order valence-electron chi connectivity index (χ4n) is 1.33. The third-order valence-corrected chi connectivity index (χ3v) is 2.07. The predicted octanol–water partition coefficient (Wildman–Crippen LogP) is 2.86. The maximum Gasteiger partial charge on any atom is 0.416 e. The van der Waals surface area contributed by atoms with E-state index in [4.69, 9.17) is 5.73 Å². The van der Waals surface area contributed by atoms with E-state index in [0.29, 0.717) is 0 Å². The van der Waals surface area contributed by atoms with Gasteiger partial charge in [0.15, 0.2) is 0 Å². The van der Waals surface area contributed by atoms with Crippen molar-refractivity contribution in [1.82, 2.24) is 0 Å². The summed E-state index contributed by atoms with van der Waals surface area (Å²) in [5.41, 5.74) is 4.58. The Morgan fingerprint density at radius 2 is 2.11 bits per heavy atom. The van der Waals surface area contributed by atoms with E-state index >= 15 is 0 Å². The van der Waals surface area contributed by atoms with Gasteiger partial charge in [-0.2, -0.15) is 13.2 Å². The van der Waals surface area contributed by atoms with Crippen LogP contribution in [-0.4, -0.2) is 12.6 Å². The molecule has 0 aromatic heterocycles. The summed E-state index contributed by atoms with van der Waals surface area (Å²) in [7, 11) is 0. The Morgan fingerprint density at radius 1 is 1.44 bits per heavy atom. The Morgan fingerprint density at radius 3 is 2.67 bits per heavy atom. The molecule has 0 aliphatic rings. The Kier molecular flexibility index (Phi) is 4.36. The van der Waals surface area contributed by atoms with Crippen molar-refractivity contribution < 1.29 is 22.7 Å². The minimum atomic E-state index is -4.50. The standard InChI is InChI=1S/C12H12F3NO2/c1-2-18-11(17)6-3-8-7-9(16)4-5-10(8)12(13,14)15/h3-7H,2,16H2,1H3. The molecule has 3 nitrogen and oxygen atoms in total. The molecular formula is C12H12F3NO2. The van der Waals surface area contributed by atoms with Gasteiger partial charge in [0.25, 0.3) is 0 Å². The molecule has 0 aliphatic heterocycles. The molecule has 0 spiro atoms. The Balaban J connectivity index is 3.07. The molecule has 0 saturated heterocycles. The average molecular weight is 259 g/mol. The van der Waals surface area contributed by atoms with Crippen molar-refractivity contribution in [3.63, 3.8) is 0 Å². The molecule has 0 unspecified atom stereocenters. The molecule has 1 aromatic carbocycles. The number of nitrogen functional groups attached to an aromatic ring is 1. The predicted molar refractivity (Wildman–Crippen MR) is 61.5 cm³/mol. The van der Waals surface area contributed by atoms with E-state index in [1.165, 1.54) is 0 Å². The van der Waals surface area contributed by atoms with Gasteiger partial charge < -0.3 is 10.5 Å². The number of rotatable bonds is 3. The maximum absolute atomic E-state index is 12.7. The minimum absolute atomic E-state index is 0.159. The normalized spacial score (nSPS) is 11.8. The van der Waals surface area contributed by atoms with Gasteiger partial charge in [0, 0.05) is 11.8 Å². The molecular weight excluding hydrogens is 247 g/mol. The summed E-state index contributed by atoms with van der Waals surface area (Å²) >= 11 is 0. The van der Waals surface area contributed by atoms with Crippen molar-refractivity contribution in [1.29, 1.82) is 0 Å². The molecule has 0 heterocycles. The number of esters is 1. The number of nitrogens with two attached hydrogens (primary N) is 1. The van der Waals surface area contributed by atoms with Gasteiger partial charge in [-0.05, 0) is 36.8 Å². The highest BCUT2D eigenvalue weighted by molar-refractivity contribution is 5.87. The van der Waals surface area contributed by atoms with Crippen LogP contribution in [0.15, 0.2) is 24.3 Å². The fraction of sp³-hybridized carbons (Fsp3) is 0.250. The molecule has 6 heteroatoms. The Bertz CT molecular complexity index is 467. The Labute approximate surface area is 102 Å². The van der Waals surface area contributed by atoms with Crippen molar-refractivity contribution in [3.05, 3.63) is 35.4 Å². The summed E-state index contributed by atoms with van der Waals surface area (Å²) in [4.78, 5) is 11.0. The average Bonchev–Trinajstić information content (AvgIpc) is 2.25. The molecule has 98 valence electrons. The van der Waals surface area contributed by atoms with Gasteiger partial charge in [-0.1, -0.05) is 0 Å². The van der Waals surface area contributed by atoms with Crippen LogP contribution in [0, 0.1) is 0 Å². The van der Waals surface area contributed by atoms with Crippen LogP contribution >= 0.6 is 0 Å². The maximum atomic E-state index is 12.7. The van der Waals surface area contributed by atoms with Crippen molar-refractivity contribution in [3.8, 4) is 0 Å². The van der Waals surface area contributed by atoms with Crippen LogP contribution < -0.4 is 5.73 Å². The lowest BCUT2D eigenvalue weighted by molar-refractivity contribution is -0.138. The van der Waals surface area contributed by atoms with Gasteiger partial charge >= 0.3 is 12.1 Å². The van der Waals surface area contributed by atoms with Crippen molar-refractivity contribution in [2.75, 3.05) is 12.3 Å². The van der Waals surface area contributed by atoms with E-state index in [2.05, 4.69) is 4.74 Å². The first-order valence-electron chi connectivity index (χ1n) is 5.16. The number of hydrogen-bond acceptors (Lipinski definition) is 3. The second kappa shape index (κ2) is 5.57. The number of ether oxygens (including phenoxy) is 1. The number of benzene rings is 1. The van der Waals surface area contributed by atoms with Crippen LogP contribution in [0.4, 0.5) is 18.9 Å². The van der Waals surface area contributed by atoms with E-state index in [-0.39, 0.29) is 17.9 Å². The first kappa shape index (κ1) is 14.1. The minimum Gasteiger partial charge on any atom is -0.463 e. The zero-order chi connectivity index (χ0) is 13.8. The number of halogens is 3. The van der Waals surface area contributed by atoms with Crippen LogP contribution in [0.1, 0.15) is 18.1 Å². The largest absolute Gasteiger partial charge is 0.463 e. The van der Waals surface area contributed by atoms with Gasteiger partial charge in [-0.25, -0.2) is 4.79 Å². The van der Waals surface area contributed by atoms with Crippen LogP contribution in [0.2, 0.25) is 0 Å². The topological polar surface area (TPSA) is 52.3 Å². The second-order valence-corrected chi connectivity index (χ2v) is 3.43. The molecule has 1 aromatic rings. The zero-order valence-electron chi connectivity index (χ0n) is 9.62. The summed E-state index contributed by atoms with van der Waals surface area (Å²) < 4.78 is 42.6. The van der Waals surface area contributed by atoms with Gasteiger partial charge in [0.05, 0.1) is 12.2 Å². The molecule has 18 heavy (non-hydrogen) atoms. The van der Waals surface area contributed by atoms with Crippen LogP contribution in [0.25, 0.3) is 6.08 Å².